The number of rotatable bonds is 3. The van der Waals surface area contributed by atoms with E-state index in [1.807, 2.05) is 33.8 Å². The van der Waals surface area contributed by atoms with E-state index in [4.69, 9.17) is 12.2 Å². The van der Waals surface area contributed by atoms with Gasteiger partial charge in [-0.05, 0) is 120 Å². The molecule has 32 heavy (non-hydrogen) atoms. The summed E-state index contributed by atoms with van der Waals surface area (Å²) in [5.41, 5.74) is 1.78. The van der Waals surface area contributed by atoms with Gasteiger partial charge in [-0.2, -0.15) is 0 Å². The third kappa shape index (κ3) is 3.86. The molecule has 3 saturated carbocycles. The number of ketones is 1. The van der Waals surface area contributed by atoms with E-state index in [0.29, 0.717) is 22.9 Å². The second kappa shape index (κ2) is 8.52. The fourth-order valence-electron chi connectivity index (χ4n) is 7.92. The van der Waals surface area contributed by atoms with Crippen molar-refractivity contribution < 1.29 is 9.59 Å². The molecule has 4 aliphatic rings. The van der Waals surface area contributed by atoms with Gasteiger partial charge in [0.05, 0.1) is 0 Å². The monoisotopic (exact) mass is 458 g/mol. The molecule has 0 aromatic rings. The van der Waals surface area contributed by atoms with E-state index in [9.17, 15) is 9.59 Å². The van der Waals surface area contributed by atoms with Crippen molar-refractivity contribution in [3.05, 3.63) is 11.6 Å². The first kappa shape index (κ1) is 23.9. The van der Waals surface area contributed by atoms with Crippen LogP contribution < -0.4 is 5.32 Å². The Labute approximate surface area is 200 Å². The molecule has 6 atom stereocenters. The molecule has 0 aromatic heterocycles. The summed E-state index contributed by atoms with van der Waals surface area (Å²) < 4.78 is 0. The summed E-state index contributed by atoms with van der Waals surface area (Å²) in [6, 6.07) is 0.0601. The van der Waals surface area contributed by atoms with Gasteiger partial charge in [0, 0.05) is 12.1 Å². The van der Waals surface area contributed by atoms with Crippen molar-refractivity contribution in [2.24, 2.45) is 34.5 Å². The van der Waals surface area contributed by atoms with Crippen LogP contribution >= 0.6 is 12.2 Å². The molecule has 0 bridgehead atoms. The molecule has 0 radical (unpaired) electrons. The van der Waals surface area contributed by atoms with E-state index in [0.717, 1.165) is 18.3 Å². The molecule has 3 fully saturated rings. The zero-order valence-corrected chi connectivity index (χ0v) is 21.7. The van der Waals surface area contributed by atoms with Crippen LogP contribution in [-0.2, 0) is 9.59 Å². The Bertz CT molecular complexity index is 834. The summed E-state index contributed by atoms with van der Waals surface area (Å²) in [5, 5.41) is 3.65. The Balaban J connectivity index is 1.62. The lowest BCUT2D eigenvalue weighted by Crippen LogP contribution is -2.55. The van der Waals surface area contributed by atoms with Gasteiger partial charge in [0.25, 0.3) is 0 Å². The van der Waals surface area contributed by atoms with Gasteiger partial charge in [0.15, 0.2) is 10.9 Å². The third-order valence-electron chi connectivity index (χ3n) is 9.49. The number of allylic oxidation sites excluding steroid dienone is 1. The predicted octanol–water partition coefficient (Wildman–Crippen LogP) is 5.65. The molecule has 0 spiro atoms. The van der Waals surface area contributed by atoms with Gasteiger partial charge in [-0.25, -0.2) is 0 Å². The lowest BCUT2D eigenvalue weighted by Gasteiger charge is -2.58. The van der Waals surface area contributed by atoms with Crippen LogP contribution in [0.15, 0.2) is 11.6 Å². The Morgan fingerprint density at radius 3 is 2.50 bits per heavy atom. The number of nitrogens with one attached hydrogen (secondary N) is 1. The number of thiocarbonyl (C=S) groups is 1. The maximum atomic E-state index is 13.7. The third-order valence-corrected chi connectivity index (χ3v) is 9.80. The van der Waals surface area contributed by atoms with Gasteiger partial charge in [-0.1, -0.05) is 25.8 Å². The largest absolute Gasteiger partial charge is 0.360 e. The number of fused-ring (bicyclic) bond motifs is 5. The molecule has 4 rings (SSSR count). The van der Waals surface area contributed by atoms with Crippen molar-refractivity contribution in [3.63, 3.8) is 0 Å². The number of hydrogen-bond acceptors (Lipinski definition) is 3. The fraction of sp³-hybridized carbons (Fsp3) is 0.815. The van der Waals surface area contributed by atoms with Crippen molar-refractivity contribution >= 4 is 29.0 Å². The molecule has 4 nitrogen and oxygen atoms in total. The maximum absolute atomic E-state index is 13.7. The summed E-state index contributed by atoms with van der Waals surface area (Å²) in [4.78, 5) is 28.6. The Morgan fingerprint density at radius 2 is 1.84 bits per heavy atom. The summed E-state index contributed by atoms with van der Waals surface area (Å²) in [5.74, 6) is 1.40. The summed E-state index contributed by atoms with van der Waals surface area (Å²) in [6.07, 6.45) is 11.4. The fourth-order valence-corrected chi connectivity index (χ4v) is 8.46. The van der Waals surface area contributed by atoms with Crippen molar-refractivity contribution in [2.45, 2.75) is 105 Å². The summed E-state index contributed by atoms with van der Waals surface area (Å²) in [7, 11) is 0. The number of hydrogen-bond donors (Lipinski definition) is 1. The normalized spacial score (nSPS) is 38.6. The molecule has 0 heterocycles. The first-order valence-electron chi connectivity index (χ1n) is 12.9. The van der Waals surface area contributed by atoms with Crippen LogP contribution in [0.4, 0.5) is 0 Å². The van der Waals surface area contributed by atoms with Crippen LogP contribution in [0, 0.1) is 34.5 Å². The second-order valence-electron chi connectivity index (χ2n) is 12.2. The molecule has 0 aliphatic heterocycles. The minimum Gasteiger partial charge on any atom is -0.360 e. The number of carbonyl (C=O) groups is 2. The van der Waals surface area contributed by atoms with Crippen molar-refractivity contribution in [1.29, 1.82) is 0 Å². The Kier molecular flexibility index (Phi) is 6.37. The topological polar surface area (TPSA) is 49.4 Å². The molecule has 5 heteroatoms. The zero-order valence-electron chi connectivity index (χ0n) is 20.9. The molecule has 1 unspecified atom stereocenters. The van der Waals surface area contributed by atoms with Crippen LogP contribution in [0.5, 0.6) is 0 Å². The van der Waals surface area contributed by atoms with E-state index in [2.05, 4.69) is 19.2 Å². The molecule has 1 N–H and O–H groups in total. The van der Waals surface area contributed by atoms with Crippen molar-refractivity contribution in [3.8, 4) is 0 Å². The number of amides is 1. The SMILES string of the molecule is CC(C)NC(=S)N(C(=O)C1C[C@@]2(C)C(=CC1=O)CC[C@@H]1[C@H]2CC[C@]2(C)CCC[C@@H]12)C(C)C. The molecule has 4 aliphatic carbocycles. The van der Waals surface area contributed by atoms with E-state index in [1.165, 1.54) is 44.1 Å². The van der Waals surface area contributed by atoms with Crippen molar-refractivity contribution in [1.82, 2.24) is 10.2 Å². The molecular formula is C27H42N2O2S. The van der Waals surface area contributed by atoms with Gasteiger partial charge in [-0.3, -0.25) is 14.5 Å². The van der Waals surface area contributed by atoms with Gasteiger partial charge in [-0.15, -0.1) is 0 Å². The van der Waals surface area contributed by atoms with E-state index >= 15 is 0 Å². The van der Waals surface area contributed by atoms with Crippen LogP contribution in [0.25, 0.3) is 0 Å². The first-order valence-corrected chi connectivity index (χ1v) is 13.3. The minimum absolute atomic E-state index is 0.0135. The average Bonchev–Trinajstić information content (AvgIpc) is 3.09. The number of nitrogens with zero attached hydrogens (tertiary/aromatic N) is 1. The highest BCUT2D eigenvalue weighted by molar-refractivity contribution is 7.80. The van der Waals surface area contributed by atoms with E-state index < -0.39 is 5.92 Å². The van der Waals surface area contributed by atoms with Crippen LogP contribution in [0.2, 0.25) is 0 Å². The van der Waals surface area contributed by atoms with Gasteiger partial charge >= 0.3 is 0 Å². The van der Waals surface area contributed by atoms with Gasteiger partial charge in [0.2, 0.25) is 5.91 Å². The van der Waals surface area contributed by atoms with Crippen LogP contribution in [0.3, 0.4) is 0 Å². The quantitative estimate of drug-likeness (QED) is 0.438. The van der Waals surface area contributed by atoms with E-state index in [-0.39, 0.29) is 29.2 Å². The zero-order chi connectivity index (χ0) is 23.4. The van der Waals surface area contributed by atoms with E-state index in [1.54, 1.807) is 4.90 Å². The summed E-state index contributed by atoms with van der Waals surface area (Å²) >= 11 is 5.58. The Morgan fingerprint density at radius 1 is 1.12 bits per heavy atom. The highest BCUT2D eigenvalue weighted by Crippen LogP contribution is 2.65. The molecular weight excluding hydrogens is 416 g/mol. The van der Waals surface area contributed by atoms with Gasteiger partial charge in [0.1, 0.15) is 5.92 Å². The maximum Gasteiger partial charge on any atom is 0.239 e. The number of carbonyl (C=O) groups excluding carboxylic acids is 2. The Hall–Kier alpha value is -1.23. The van der Waals surface area contributed by atoms with Gasteiger partial charge < -0.3 is 5.32 Å². The minimum atomic E-state index is -0.617. The molecule has 1 amide bonds. The molecule has 178 valence electrons. The lowest BCUT2D eigenvalue weighted by atomic mass is 9.47. The molecule has 0 aromatic carbocycles. The first-order chi connectivity index (χ1) is 15.0. The summed E-state index contributed by atoms with van der Waals surface area (Å²) in [6.45, 7) is 12.9. The average molecular weight is 459 g/mol. The van der Waals surface area contributed by atoms with Crippen molar-refractivity contribution in [2.75, 3.05) is 0 Å². The van der Waals surface area contributed by atoms with Crippen LogP contribution in [0.1, 0.15) is 92.9 Å². The highest BCUT2D eigenvalue weighted by Gasteiger charge is 2.58. The second-order valence-corrected chi connectivity index (χ2v) is 12.5. The predicted molar refractivity (Wildman–Crippen MR) is 133 cm³/mol. The highest BCUT2D eigenvalue weighted by atomic mass is 32.1. The molecule has 0 saturated heterocycles. The lowest BCUT2D eigenvalue weighted by molar-refractivity contribution is -0.141. The smallest absolute Gasteiger partial charge is 0.239 e. The standard InChI is InChI=1S/C27H42N2O2S/c1-16(2)28-25(32)29(17(3)4)24(31)20-15-27(6)18(14-23(20)30)9-10-19-21-8-7-12-26(21,5)13-11-22(19)27/h14,16-17,19-22H,7-13,15H2,1-6H3,(H,28,32)/t19-,20?,21-,22+,26-,27-/m0/s1. The van der Waals surface area contributed by atoms with Crippen LogP contribution in [-0.4, -0.2) is 33.8 Å².